The second-order valence-electron chi connectivity index (χ2n) is 8.69. The molecule has 0 aromatic rings. The number of aliphatic imine (C=N–C) groups is 1. The fourth-order valence-corrected chi connectivity index (χ4v) is 7.53. The minimum atomic E-state index is -2.83. The molecule has 4 unspecified atom stereocenters. The predicted molar refractivity (Wildman–Crippen MR) is 118 cm³/mol. The van der Waals surface area contributed by atoms with Crippen LogP contribution in [0, 0.1) is 17.3 Å². The number of hydrogen-bond acceptors (Lipinski definition) is 4. The standard InChI is InChI=1S/C19H33N3O3S.HI/c1-2-9-20-18(21-12-14-6-11-26(23,24)13-14)22-16-15-5-10-25-17(15)19(16)7-3-4-8-19;/h14-17H,2-13H2,1H3,(H2,20,21,22);1H. The minimum absolute atomic E-state index is 0. The molecule has 2 N–H and O–H groups in total. The minimum Gasteiger partial charge on any atom is -0.377 e. The lowest BCUT2D eigenvalue weighted by Crippen LogP contribution is -2.69. The normalized spacial score (nSPS) is 36.1. The summed E-state index contributed by atoms with van der Waals surface area (Å²) < 4.78 is 29.5. The number of sulfone groups is 1. The lowest BCUT2D eigenvalue weighted by molar-refractivity contribution is -0.125. The Hall–Kier alpha value is -0.0900. The Morgan fingerprint density at radius 2 is 2.04 bits per heavy atom. The van der Waals surface area contributed by atoms with E-state index in [1.165, 1.54) is 25.7 Å². The van der Waals surface area contributed by atoms with Gasteiger partial charge in [-0.3, -0.25) is 4.99 Å². The molecule has 0 aromatic carbocycles. The number of nitrogens with zero attached hydrogens (tertiary/aromatic N) is 1. The summed E-state index contributed by atoms with van der Waals surface area (Å²) in [7, 11) is -2.83. The maximum absolute atomic E-state index is 11.7. The maximum atomic E-state index is 11.7. The molecule has 8 heteroatoms. The molecule has 2 saturated carbocycles. The van der Waals surface area contributed by atoms with E-state index in [2.05, 4.69) is 17.6 Å². The average molecular weight is 511 g/mol. The summed E-state index contributed by atoms with van der Waals surface area (Å²) in [5, 5.41) is 7.19. The van der Waals surface area contributed by atoms with Gasteiger partial charge in [-0.15, -0.1) is 24.0 Å². The average Bonchev–Trinajstić information content (AvgIpc) is 3.32. The van der Waals surface area contributed by atoms with Crippen LogP contribution in [0.5, 0.6) is 0 Å². The van der Waals surface area contributed by atoms with Crippen LogP contribution in [0.1, 0.15) is 51.9 Å². The third-order valence-electron chi connectivity index (χ3n) is 6.96. The molecular formula is C19H34IN3O3S. The zero-order chi connectivity index (χ0) is 18.2. The second kappa shape index (κ2) is 8.73. The Morgan fingerprint density at radius 3 is 2.70 bits per heavy atom. The van der Waals surface area contributed by atoms with Crippen LogP contribution < -0.4 is 10.6 Å². The monoisotopic (exact) mass is 511 g/mol. The molecule has 0 aromatic heterocycles. The molecule has 2 aliphatic carbocycles. The Balaban J connectivity index is 0.00000210. The molecule has 2 heterocycles. The molecule has 0 amide bonds. The third-order valence-corrected chi connectivity index (χ3v) is 8.79. The molecule has 156 valence electrons. The van der Waals surface area contributed by atoms with Crippen molar-refractivity contribution < 1.29 is 13.2 Å². The highest BCUT2D eigenvalue weighted by Crippen LogP contribution is 2.60. The molecule has 0 bridgehead atoms. The van der Waals surface area contributed by atoms with E-state index in [0.29, 0.717) is 41.5 Å². The van der Waals surface area contributed by atoms with Gasteiger partial charge in [-0.2, -0.15) is 0 Å². The van der Waals surface area contributed by atoms with Crippen LogP contribution in [0.2, 0.25) is 0 Å². The van der Waals surface area contributed by atoms with Crippen LogP contribution in [-0.4, -0.2) is 57.7 Å². The van der Waals surface area contributed by atoms with Crippen molar-refractivity contribution in [1.82, 2.24) is 10.6 Å². The van der Waals surface area contributed by atoms with Gasteiger partial charge in [-0.1, -0.05) is 19.8 Å². The maximum Gasteiger partial charge on any atom is 0.191 e. The van der Waals surface area contributed by atoms with Gasteiger partial charge in [0.25, 0.3) is 0 Å². The highest BCUT2D eigenvalue weighted by atomic mass is 127. The smallest absolute Gasteiger partial charge is 0.191 e. The van der Waals surface area contributed by atoms with Crippen LogP contribution in [0.25, 0.3) is 0 Å². The van der Waals surface area contributed by atoms with E-state index in [4.69, 9.17) is 9.73 Å². The Bertz CT molecular complexity index is 649. The first-order chi connectivity index (χ1) is 12.5. The molecule has 4 rings (SSSR count). The second-order valence-corrected chi connectivity index (χ2v) is 10.9. The number of hydrogen-bond donors (Lipinski definition) is 2. The Labute approximate surface area is 180 Å². The topological polar surface area (TPSA) is 79.8 Å². The first-order valence-corrected chi connectivity index (χ1v) is 12.2. The molecule has 2 aliphatic heterocycles. The van der Waals surface area contributed by atoms with Crippen LogP contribution >= 0.6 is 24.0 Å². The molecule has 4 fully saturated rings. The molecular weight excluding hydrogens is 477 g/mol. The first kappa shape index (κ1) is 21.6. The van der Waals surface area contributed by atoms with E-state index in [0.717, 1.165) is 38.4 Å². The molecule has 4 atom stereocenters. The highest BCUT2D eigenvalue weighted by Gasteiger charge is 2.65. The zero-order valence-electron chi connectivity index (χ0n) is 16.3. The molecule has 0 radical (unpaired) electrons. The summed E-state index contributed by atoms with van der Waals surface area (Å²) >= 11 is 0. The van der Waals surface area contributed by atoms with Gasteiger partial charge in [0.1, 0.15) is 0 Å². The fourth-order valence-electron chi connectivity index (χ4n) is 5.68. The van der Waals surface area contributed by atoms with Crippen molar-refractivity contribution in [3.63, 3.8) is 0 Å². The molecule has 27 heavy (non-hydrogen) atoms. The van der Waals surface area contributed by atoms with Gasteiger partial charge in [0.05, 0.1) is 17.6 Å². The number of halogens is 1. The summed E-state index contributed by atoms with van der Waals surface area (Å²) in [6, 6.07) is 0.452. The van der Waals surface area contributed by atoms with Crippen LogP contribution in [0.3, 0.4) is 0 Å². The predicted octanol–water partition coefficient (Wildman–Crippen LogP) is 2.33. The van der Waals surface area contributed by atoms with Gasteiger partial charge < -0.3 is 15.4 Å². The van der Waals surface area contributed by atoms with E-state index in [-0.39, 0.29) is 29.9 Å². The number of rotatable bonds is 5. The van der Waals surface area contributed by atoms with Gasteiger partial charge in [0.2, 0.25) is 0 Å². The molecule has 6 nitrogen and oxygen atoms in total. The Kier molecular flexibility index (Phi) is 6.99. The fraction of sp³-hybridized carbons (Fsp3) is 0.947. The number of nitrogens with one attached hydrogen (secondary N) is 2. The lowest BCUT2D eigenvalue weighted by Gasteiger charge is -2.57. The van der Waals surface area contributed by atoms with Crippen molar-refractivity contribution in [2.24, 2.45) is 22.2 Å². The van der Waals surface area contributed by atoms with Crippen molar-refractivity contribution in [2.45, 2.75) is 64.0 Å². The Morgan fingerprint density at radius 1 is 1.26 bits per heavy atom. The first-order valence-electron chi connectivity index (χ1n) is 10.4. The SMILES string of the molecule is CCCNC(=NCC1CCS(=O)(=O)C1)NC1C2CCOC2C12CCCC2.I. The van der Waals surface area contributed by atoms with Gasteiger partial charge in [-0.05, 0) is 38.0 Å². The summed E-state index contributed by atoms with van der Waals surface area (Å²) in [6.07, 6.45) is 8.50. The van der Waals surface area contributed by atoms with E-state index < -0.39 is 9.84 Å². The summed E-state index contributed by atoms with van der Waals surface area (Å²) in [6.45, 7) is 4.53. The van der Waals surface area contributed by atoms with Crippen LogP contribution in [-0.2, 0) is 14.6 Å². The van der Waals surface area contributed by atoms with Crippen molar-refractivity contribution in [3.05, 3.63) is 0 Å². The van der Waals surface area contributed by atoms with Crippen LogP contribution in [0.15, 0.2) is 4.99 Å². The van der Waals surface area contributed by atoms with Crippen molar-refractivity contribution >= 4 is 39.8 Å². The van der Waals surface area contributed by atoms with Crippen molar-refractivity contribution in [1.29, 1.82) is 0 Å². The summed E-state index contributed by atoms with van der Waals surface area (Å²) in [4.78, 5) is 4.79. The van der Waals surface area contributed by atoms with Gasteiger partial charge in [-0.25, -0.2) is 8.42 Å². The van der Waals surface area contributed by atoms with E-state index in [1.54, 1.807) is 0 Å². The third kappa shape index (κ3) is 4.27. The van der Waals surface area contributed by atoms with E-state index in [9.17, 15) is 8.42 Å². The summed E-state index contributed by atoms with van der Waals surface area (Å²) in [5.41, 5.74) is 0.298. The number of guanidine groups is 1. The van der Waals surface area contributed by atoms with Gasteiger partial charge in [0.15, 0.2) is 15.8 Å². The molecule has 4 aliphatic rings. The lowest BCUT2D eigenvalue weighted by atomic mass is 9.54. The largest absolute Gasteiger partial charge is 0.377 e. The van der Waals surface area contributed by atoms with Crippen LogP contribution in [0.4, 0.5) is 0 Å². The highest BCUT2D eigenvalue weighted by molar-refractivity contribution is 14.0. The summed E-state index contributed by atoms with van der Waals surface area (Å²) in [5.74, 6) is 2.27. The van der Waals surface area contributed by atoms with Crippen molar-refractivity contribution in [3.8, 4) is 0 Å². The molecule has 1 spiro atoms. The van der Waals surface area contributed by atoms with E-state index >= 15 is 0 Å². The quantitative estimate of drug-likeness (QED) is 0.337. The zero-order valence-corrected chi connectivity index (χ0v) is 19.4. The number of ether oxygens (including phenoxy) is 1. The van der Waals surface area contributed by atoms with Gasteiger partial charge in [0, 0.05) is 37.1 Å². The molecule has 2 saturated heterocycles. The van der Waals surface area contributed by atoms with E-state index in [1.807, 2.05) is 0 Å². The number of fused-ring (bicyclic) bond motifs is 2. The van der Waals surface area contributed by atoms with Crippen molar-refractivity contribution in [2.75, 3.05) is 31.2 Å². The van der Waals surface area contributed by atoms with Gasteiger partial charge >= 0.3 is 0 Å².